The standard InChI is InChI=1S/C19H37NO/c1-6-19(4,5)15-7-10-18(21)17(13-15)20(16-8-9-16)12-11-14(2)3/h14-18,21H,6-13H2,1-5H3. The van der Waals surface area contributed by atoms with Crippen LogP contribution in [0.4, 0.5) is 0 Å². The van der Waals surface area contributed by atoms with Gasteiger partial charge < -0.3 is 5.11 Å². The Morgan fingerprint density at radius 1 is 1.14 bits per heavy atom. The Kier molecular flexibility index (Phi) is 5.76. The van der Waals surface area contributed by atoms with Gasteiger partial charge in [0.15, 0.2) is 0 Å². The lowest BCUT2D eigenvalue weighted by Gasteiger charge is -2.46. The lowest BCUT2D eigenvalue weighted by atomic mass is 9.67. The molecule has 2 saturated carbocycles. The molecule has 0 radical (unpaired) electrons. The fourth-order valence-electron chi connectivity index (χ4n) is 3.92. The van der Waals surface area contributed by atoms with Gasteiger partial charge in [0, 0.05) is 12.1 Å². The van der Waals surface area contributed by atoms with E-state index < -0.39 is 0 Å². The van der Waals surface area contributed by atoms with Gasteiger partial charge in [-0.15, -0.1) is 0 Å². The second-order valence-electron chi connectivity index (χ2n) is 8.64. The van der Waals surface area contributed by atoms with E-state index in [1.165, 1.54) is 45.1 Å². The molecule has 124 valence electrons. The van der Waals surface area contributed by atoms with Crippen molar-refractivity contribution in [3.05, 3.63) is 0 Å². The highest BCUT2D eigenvalue weighted by molar-refractivity contribution is 4.96. The van der Waals surface area contributed by atoms with E-state index in [0.29, 0.717) is 11.5 Å². The van der Waals surface area contributed by atoms with Crippen LogP contribution in [0.25, 0.3) is 0 Å². The SMILES string of the molecule is CCC(C)(C)C1CCC(O)C(N(CCC(C)C)C2CC2)C1. The third-order valence-electron chi connectivity index (χ3n) is 6.20. The molecular weight excluding hydrogens is 258 g/mol. The van der Waals surface area contributed by atoms with Gasteiger partial charge in [0.1, 0.15) is 0 Å². The molecule has 0 aliphatic heterocycles. The molecule has 0 aromatic rings. The van der Waals surface area contributed by atoms with Crippen molar-refractivity contribution in [1.82, 2.24) is 4.90 Å². The van der Waals surface area contributed by atoms with Crippen LogP contribution in [-0.4, -0.2) is 34.7 Å². The fourth-order valence-corrected chi connectivity index (χ4v) is 3.92. The van der Waals surface area contributed by atoms with Gasteiger partial charge in [-0.25, -0.2) is 0 Å². The summed E-state index contributed by atoms with van der Waals surface area (Å²) >= 11 is 0. The van der Waals surface area contributed by atoms with Crippen molar-refractivity contribution in [2.45, 2.75) is 97.8 Å². The van der Waals surface area contributed by atoms with Crippen LogP contribution in [0, 0.1) is 17.3 Å². The van der Waals surface area contributed by atoms with Gasteiger partial charge in [-0.3, -0.25) is 4.90 Å². The number of hydrogen-bond donors (Lipinski definition) is 1. The van der Waals surface area contributed by atoms with Crippen LogP contribution in [0.2, 0.25) is 0 Å². The molecule has 0 heterocycles. The van der Waals surface area contributed by atoms with Gasteiger partial charge in [0.2, 0.25) is 0 Å². The first kappa shape index (κ1) is 17.3. The zero-order valence-corrected chi connectivity index (χ0v) is 14.9. The predicted octanol–water partition coefficient (Wildman–Crippen LogP) is 4.46. The van der Waals surface area contributed by atoms with Gasteiger partial charge >= 0.3 is 0 Å². The van der Waals surface area contributed by atoms with Crippen molar-refractivity contribution in [3.8, 4) is 0 Å². The normalized spacial score (nSPS) is 31.1. The van der Waals surface area contributed by atoms with E-state index in [1.54, 1.807) is 0 Å². The summed E-state index contributed by atoms with van der Waals surface area (Å²) in [5.74, 6) is 1.53. The topological polar surface area (TPSA) is 23.5 Å². The van der Waals surface area contributed by atoms with E-state index in [4.69, 9.17) is 0 Å². The average Bonchev–Trinajstić information content (AvgIpc) is 3.25. The molecular formula is C19H37NO. The fraction of sp³-hybridized carbons (Fsp3) is 1.00. The van der Waals surface area contributed by atoms with E-state index in [9.17, 15) is 5.11 Å². The molecule has 2 aliphatic carbocycles. The first-order chi connectivity index (χ1) is 9.85. The van der Waals surface area contributed by atoms with Gasteiger partial charge in [-0.05, 0) is 62.3 Å². The van der Waals surface area contributed by atoms with Crippen molar-refractivity contribution in [2.75, 3.05) is 6.54 Å². The second kappa shape index (κ2) is 7.00. The van der Waals surface area contributed by atoms with E-state index >= 15 is 0 Å². The molecule has 21 heavy (non-hydrogen) atoms. The third kappa shape index (κ3) is 4.45. The Labute approximate surface area is 132 Å². The Balaban J connectivity index is 2.03. The maximum Gasteiger partial charge on any atom is 0.0695 e. The zero-order valence-electron chi connectivity index (χ0n) is 14.9. The maximum absolute atomic E-state index is 10.6. The van der Waals surface area contributed by atoms with Gasteiger partial charge in [0.25, 0.3) is 0 Å². The molecule has 2 nitrogen and oxygen atoms in total. The molecule has 1 N–H and O–H groups in total. The molecule has 3 unspecified atom stereocenters. The minimum absolute atomic E-state index is 0.0957. The molecule has 2 heteroatoms. The number of rotatable bonds is 7. The molecule has 3 atom stereocenters. The minimum atomic E-state index is -0.0957. The van der Waals surface area contributed by atoms with Gasteiger partial charge in [-0.2, -0.15) is 0 Å². The third-order valence-corrected chi connectivity index (χ3v) is 6.20. The minimum Gasteiger partial charge on any atom is -0.391 e. The Bertz CT molecular complexity index is 322. The highest BCUT2D eigenvalue weighted by atomic mass is 16.3. The molecule has 2 fully saturated rings. The Hall–Kier alpha value is -0.0800. The van der Waals surface area contributed by atoms with E-state index in [0.717, 1.165) is 24.3 Å². The van der Waals surface area contributed by atoms with Crippen LogP contribution < -0.4 is 0 Å². The molecule has 2 aliphatic rings. The average molecular weight is 296 g/mol. The van der Waals surface area contributed by atoms with Crippen molar-refractivity contribution < 1.29 is 5.11 Å². The quantitative estimate of drug-likeness (QED) is 0.749. The number of aliphatic hydroxyl groups excluding tert-OH is 1. The lowest BCUT2D eigenvalue weighted by Crippen LogP contribution is -2.50. The first-order valence-electron chi connectivity index (χ1n) is 9.29. The van der Waals surface area contributed by atoms with Crippen LogP contribution in [0.3, 0.4) is 0 Å². The van der Waals surface area contributed by atoms with E-state index in [2.05, 4.69) is 39.5 Å². The molecule has 0 saturated heterocycles. The summed E-state index contributed by atoms with van der Waals surface area (Å²) in [6, 6.07) is 1.19. The van der Waals surface area contributed by atoms with E-state index in [1.807, 2.05) is 0 Å². The predicted molar refractivity (Wildman–Crippen MR) is 90.4 cm³/mol. The smallest absolute Gasteiger partial charge is 0.0695 e. The largest absolute Gasteiger partial charge is 0.391 e. The van der Waals surface area contributed by atoms with E-state index in [-0.39, 0.29) is 6.10 Å². The summed E-state index contributed by atoms with van der Waals surface area (Å²) in [5, 5.41) is 10.6. The first-order valence-corrected chi connectivity index (χ1v) is 9.29. The van der Waals surface area contributed by atoms with Crippen LogP contribution in [-0.2, 0) is 0 Å². The lowest BCUT2D eigenvalue weighted by molar-refractivity contribution is -0.0255. The van der Waals surface area contributed by atoms with Gasteiger partial charge in [0.05, 0.1) is 6.10 Å². The van der Waals surface area contributed by atoms with Crippen LogP contribution in [0.5, 0.6) is 0 Å². The molecule has 0 spiro atoms. The highest BCUT2D eigenvalue weighted by Crippen LogP contribution is 2.43. The van der Waals surface area contributed by atoms with Crippen molar-refractivity contribution in [3.63, 3.8) is 0 Å². The molecule has 0 aromatic carbocycles. The Morgan fingerprint density at radius 2 is 1.81 bits per heavy atom. The number of nitrogens with zero attached hydrogens (tertiary/aromatic N) is 1. The van der Waals surface area contributed by atoms with Crippen LogP contribution >= 0.6 is 0 Å². The highest BCUT2D eigenvalue weighted by Gasteiger charge is 2.42. The van der Waals surface area contributed by atoms with Crippen molar-refractivity contribution in [2.24, 2.45) is 17.3 Å². The zero-order chi connectivity index (χ0) is 15.6. The maximum atomic E-state index is 10.6. The van der Waals surface area contributed by atoms with Gasteiger partial charge in [-0.1, -0.05) is 41.0 Å². The Morgan fingerprint density at radius 3 is 2.33 bits per heavy atom. The second-order valence-corrected chi connectivity index (χ2v) is 8.64. The summed E-state index contributed by atoms with van der Waals surface area (Å²) in [6.07, 6.45) is 8.53. The summed E-state index contributed by atoms with van der Waals surface area (Å²) in [7, 11) is 0. The van der Waals surface area contributed by atoms with Crippen molar-refractivity contribution >= 4 is 0 Å². The summed E-state index contributed by atoms with van der Waals surface area (Å²) in [6.45, 7) is 13.0. The number of hydrogen-bond acceptors (Lipinski definition) is 2. The number of aliphatic hydroxyl groups is 1. The monoisotopic (exact) mass is 295 g/mol. The van der Waals surface area contributed by atoms with Crippen LogP contribution in [0.15, 0.2) is 0 Å². The molecule has 2 rings (SSSR count). The summed E-state index contributed by atoms with van der Waals surface area (Å²) in [5.41, 5.74) is 0.422. The molecule has 0 aromatic heterocycles. The summed E-state index contributed by atoms with van der Waals surface area (Å²) < 4.78 is 0. The summed E-state index contributed by atoms with van der Waals surface area (Å²) in [4.78, 5) is 2.68. The van der Waals surface area contributed by atoms with Crippen LogP contribution in [0.1, 0.15) is 79.6 Å². The molecule has 0 amide bonds. The molecule has 0 bridgehead atoms. The van der Waals surface area contributed by atoms with Crippen molar-refractivity contribution in [1.29, 1.82) is 0 Å².